The van der Waals surface area contributed by atoms with Crippen molar-refractivity contribution >= 4 is 44.9 Å². The van der Waals surface area contributed by atoms with Gasteiger partial charge in [-0.2, -0.15) is 14.0 Å². The van der Waals surface area contributed by atoms with E-state index in [4.69, 9.17) is 9.90 Å². The Balaban J connectivity index is 0.000000758. The quantitative estimate of drug-likeness (QED) is 0.455. The highest BCUT2D eigenvalue weighted by Crippen LogP contribution is 2.38. The van der Waals surface area contributed by atoms with Gasteiger partial charge in [-0.25, -0.2) is 4.98 Å². The number of fused-ring (bicyclic) bond motifs is 1. The molecule has 0 saturated carbocycles. The van der Waals surface area contributed by atoms with Crippen LogP contribution in [0.4, 0.5) is 8.78 Å². The van der Waals surface area contributed by atoms with Gasteiger partial charge in [-0.1, -0.05) is 24.3 Å². The van der Waals surface area contributed by atoms with E-state index in [1.165, 1.54) is 6.20 Å². The molecule has 0 unspecified atom stereocenters. The molecule has 5 nitrogen and oxygen atoms in total. The molecule has 0 radical (unpaired) electrons. The van der Waals surface area contributed by atoms with Gasteiger partial charge in [-0.15, -0.1) is 0 Å². The van der Waals surface area contributed by atoms with Gasteiger partial charge >= 0.3 is 0 Å². The maximum absolute atomic E-state index is 13.4. The number of benzene rings is 2. The number of alkyl halides is 2. The molecule has 26 heavy (non-hydrogen) atoms. The fourth-order valence-electron chi connectivity index (χ4n) is 2.34. The third-order valence-corrected chi connectivity index (χ3v) is 4.61. The summed E-state index contributed by atoms with van der Waals surface area (Å²) >= 11 is 3.75. The molecule has 1 N–H and O–H groups in total. The zero-order valence-corrected chi connectivity index (χ0v) is 15.8. The Morgan fingerprint density at radius 2 is 1.92 bits per heavy atom. The Kier molecular flexibility index (Phi) is 6.34. The van der Waals surface area contributed by atoms with E-state index in [0.29, 0.717) is 27.6 Å². The van der Waals surface area contributed by atoms with Crippen LogP contribution in [0.2, 0.25) is 0 Å². The monoisotopic (exact) mass is 439 g/mol. The summed E-state index contributed by atoms with van der Waals surface area (Å²) in [5, 5.41) is 14.9. The first-order chi connectivity index (χ1) is 12.3. The summed E-state index contributed by atoms with van der Waals surface area (Å²) in [5.74, 6) is 0. The normalized spacial score (nSPS) is 10.7. The molecule has 1 heterocycles. The number of hydrogen-bond donors (Lipinski definition) is 1. The zero-order valence-electron chi connectivity index (χ0n) is 13.4. The summed E-state index contributed by atoms with van der Waals surface area (Å²) in [6.07, 6.45) is 1.49. The lowest BCUT2D eigenvalue weighted by atomic mass is 10.0. The van der Waals surface area contributed by atoms with Crippen LogP contribution >= 0.6 is 27.7 Å². The molecule has 0 atom stereocenters. The minimum Gasteiger partial charge on any atom is -0.483 e. The first kappa shape index (κ1) is 19.9. The van der Waals surface area contributed by atoms with Crippen LogP contribution in [0.25, 0.3) is 16.5 Å². The summed E-state index contributed by atoms with van der Waals surface area (Å²) in [5.41, 5.74) is 1.23. The smallest absolute Gasteiger partial charge is 0.298 e. The maximum Gasteiger partial charge on any atom is 0.298 e. The molecule has 0 amide bonds. The first-order valence-corrected chi connectivity index (χ1v) is 8.73. The van der Waals surface area contributed by atoms with E-state index in [1.54, 1.807) is 16.7 Å². The van der Waals surface area contributed by atoms with Gasteiger partial charge in [0, 0.05) is 17.7 Å². The number of carboxylic acid groups (broad SMARTS) is 1. The zero-order chi connectivity index (χ0) is 19.3. The van der Waals surface area contributed by atoms with Crippen molar-refractivity contribution in [2.24, 2.45) is 0 Å². The van der Waals surface area contributed by atoms with Gasteiger partial charge in [-0.3, -0.25) is 9.36 Å². The molecule has 3 aromatic rings. The summed E-state index contributed by atoms with van der Waals surface area (Å²) in [6, 6.07) is 13.0. The van der Waals surface area contributed by atoms with Crippen LogP contribution in [0.1, 0.15) is 12.5 Å². The van der Waals surface area contributed by atoms with Crippen molar-refractivity contribution < 1.29 is 18.7 Å². The van der Waals surface area contributed by atoms with E-state index in [9.17, 15) is 14.0 Å². The minimum atomic E-state index is -2.94. The van der Waals surface area contributed by atoms with Crippen LogP contribution in [-0.4, -0.2) is 26.4 Å². The predicted molar refractivity (Wildman–Crippen MR) is 98.7 cm³/mol. The summed E-state index contributed by atoms with van der Waals surface area (Å²) in [4.78, 5) is 12.4. The fourth-order valence-corrected chi connectivity index (χ4v) is 3.63. The molecule has 134 valence electrons. The average molecular weight is 440 g/mol. The summed E-state index contributed by atoms with van der Waals surface area (Å²) in [6.45, 7) is 0.585. The van der Waals surface area contributed by atoms with E-state index >= 15 is 0 Å². The number of nitrogens with zero attached hydrogens (tertiary/aromatic N) is 3. The van der Waals surface area contributed by atoms with E-state index in [-0.39, 0.29) is 11.6 Å². The number of rotatable bonds is 3. The molecular formula is C17H12BrF2N3O2S. The molecule has 2 aromatic carbocycles. The van der Waals surface area contributed by atoms with Crippen LogP contribution in [0.3, 0.4) is 0 Å². The van der Waals surface area contributed by atoms with Crippen LogP contribution < -0.4 is 0 Å². The van der Waals surface area contributed by atoms with Crippen molar-refractivity contribution in [2.45, 2.75) is 17.3 Å². The first-order valence-electron chi connectivity index (χ1n) is 7.12. The average Bonchev–Trinajstić information content (AvgIpc) is 2.93. The van der Waals surface area contributed by atoms with Crippen molar-refractivity contribution in [3.05, 3.63) is 52.8 Å². The van der Waals surface area contributed by atoms with Gasteiger partial charge in [0.15, 0.2) is 5.16 Å². The highest BCUT2D eigenvalue weighted by Gasteiger charge is 2.27. The number of carbonyl (C=O) groups is 1. The molecule has 0 aliphatic rings. The molecule has 0 aliphatic heterocycles. The Morgan fingerprint density at radius 3 is 2.50 bits per heavy atom. The Bertz CT molecular complexity index is 980. The van der Waals surface area contributed by atoms with Gasteiger partial charge in [0.25, 0.3) is 11.7 Å². The standard InChI is InChI=1S/C16H10BrF2N3S.CH2O2/c1-16(18,19)23-15-21-9-14(17)22(15)13-7-6-10(8-20)11-4-2-3-5-12(11)13;2-1-3/h2-7,9H,1H3;1H,(H,2,3). The third kappa shape index (κ3) is 4.39. The molecule has 1 aromatic heterocycles. The summed E-state index contributed by atoms with van der Waals surface area (Å²) in [7, 11) is 0. The van der Waals surface area contributed by atoms with Crippen molar-refractivity contribution in [1.82, 2.24) is 9.55 Å². The number of halogens is 3. The molecule has 0 fully saturated rings. The third-order valence-electron chi connectivity index (χ3n) is 3.22. The second-order valence-electron chi connectivity index (χ2n) is 5.00. The van der Waals surface area contributed by atoms with E-state index < -0.39 is 5.25 Å². The Labute approximate surface area is 160 Å². The summed E-state index contributed by atoms with van der Waals surface area (Å²) < 4.78 is 29.0. The Morgan fingerprint density at radius 1 is 1.31 bits per heavy atom. The SMILES string of the molecule is CC(F)(F)Sc1ncc(Br)n1-c1ccc(C#N)c2ccccc12.O=CO. The molecular weight excluding hydrogens is 428 g/mol. The van der Waals surface area contributed by atoms with Gasteiger partial charge in [0.05, 0.1) is 23.5 Å². The lowest BCUT2D eigenvalue weighted by Crippen LogP contribution is -2.06. The highest BCUT2D eigenvalue weighted by atomic mass is 79.9. The van der Waals surface area contributed by atoms with Crippen LogP contribution in [-0.2, 0) is 4.79 Å². The lowest BCUT2D eigenvalue weighted by molar-refractivity contribution is -0.122. The molecule has 0 bridgehead atoms. The second-order valence-corrected chi connectivity index (χ2v) is 7.10. The van der Waals surface area contributed by atoms with Crippen LogP contribution in [0.5, 0.6) is 0 Å². The largest absolute Gasteiger partial charge is 0.483 e. The van der Waals surface area contributed by atoms with Crippen LogP contribution in [0, 0.1) is 11.3 Å². The molecule has 3 rings (SSSR count). The lowest BCUT2D eigenvalue weighted by Gasteiger charge is -2.15. The minimum absolute atomic E-state index is 0.180. The van der Waals surface area contributed by atoms with Crippen LogP contribution in [0.15, 0.2) is 52.4 Å². The van der Waals surface area contributed by atoms with E-state index in [0.717, 1.165) is 17.7 Å². The predicted octanol–water partition coefficient (Wildman–Crippen LogP) is 5.07. The fraction of sp³-hybridized carbons (Fsp3) is 0.118. The maximum atomic E-state index is 13.4. The van der Waals surface area contributed by atoms with Crippen molar-refractivity contribution in [3.8, 4) is 11.8 Å². The highest BCUT2D eigenvalue weighted by molar-refractivity contribution is 9.10. The Hall–Kier alpha value is -2.44. The van der Waals surface area contributed by atoms with Crippen molar-refractivity contribution in [3.63, 3.8) is 0 Å². The van der Waals surface area contributed by atoms with Gasteiger partial charge < -0.3 is 5.11 Å². The number of imidazole rings is 1. The topological polar surface area (TPSA) is 78.9 Å². The van der Waals surface area contributed by atoms with Gasteiger partial charge in [0.1, 0.15) is 4.60 Å². The number of thioether (sulfide) groups is 1. The molecule has 0 aliphatic carbocycles. The number of hydrogen-bond acceptors (Lipinski definition) is 4. The van der Waals surface area contributed by atoms with Crippen molar-refractivity contribution in [1.29, 1.82) is 5.26 Å². The second kappa shape index (κ2) is 8.29. The molecule has 9 heteroatoms. The van der Waals surface area contributed by atoms with Crippen molar-refractivity contribution in [2.75, 3.05) is 0 Å². The molecule has 0 spiro atoms. The number of nitriles is 1. The number of aromatic nitrogens is 2. The van der Waals surface area contributed by atoms with Gasteiger partial charge in [-0.05, 0) is 39.8 Å². The van der Waals surface area contributed by atoms with E-state index in [1.807, 2.05) is 24.3 Å². The van der Waals surface area contributed by atoms with Gasteiger partial charge in [0.2, 0.25) is 0 Å². The molecule has 0 saturated heterocycles. The van der Waals surface area contributed by atoms with E-state index in [2.05, 4.69) is 27.0 Å².